The Balaban J connectivity index is 2.30. The second-order valence-electron chi connectivity index (χ2n) is 5.94. The number of oxazole rings is 1. The molecule has 3 nitrogen and oxygen atoms in total. The summed E-state index contributed by atoms with van der Waals surface area (Å²) in [7, 11) is 0. The minimum absolute atomic E-state index is 0.427. The summed E-state index contributed by atoms with van der Waals surface area (Å²) >= 11 is 0. The van der Waals surface area contributed by atoms with Gasteiger partial charge >= 0.3 is 0 Å². The Labute approximate surface area is 127 Å². The molecule has 2 rings (SSSR count). The van der Waals surface area contributed by atoms with Crippen LogP contribution in [-0.2, 0) is 6.42 Å². The van der Waals surface area contributed by atoms with Crippen molar-refractivity contribution in [2.45, 2.75) is 52.6 Å². The lowest BCUT2D eigenvalue weighted by Gasteiger charge is -2.11. The van der Waals surface area contributed by atoms with Gasteiger partial charge in [0.25, 0.3) is 0 Å². The van der Waals surface area contributed by atoms with Gasteiger partial charge in [-0.1, -0.05) is 45.4 Å². The van der Waals surface area contributed by atoms with Crippen molar-refractivity contribution in [2.75, 3.05) is 0 Å². The van der Waals surface area contributed by atoms with Crippen LogP contribution >= 0.6 is 0 Å². The fourth-order valence-electron chi connectivity index (χ4n) is 2.40. The molecule has 1 atom stereocenters. The molecule has 0 bridgehead atoms. The molecule has 0 fully saturated rings. The Morgan fingerprint density at radius 3 is 2.52 bits per heavy atom. The highest BCUT2D eigenvalue weighted by Crippen LogP contribution is 2.29. The van der Waals surface area contributed by atoms with E-state index in [0.717, 1.165) is 36.3 Å². The van der Waals surface area contributed by atoms with E-state index < -0.39 is 6.10 Å². The third-order valence-corrected chi connectivity index (χ3v) is 3.52. The number of aryl methyl sites for hydroxylation is 1. The first kappa shape index (κ1) is 15.8. The molecule has 0 aliphatic rings. The number of nitrogens with zero attached hydrogens (tertiary/aromatic N) is 1. The lowest BCUT2D eigenvalue weighted by Crippen LogP contribution is -2.05. The average molecular weight is 287 g/mol. The van der Waals surface area contributed by atoms with Crippen LogP contribution in [0.4, 0.5) is 0 Å². The number of hydrogen-bond donors (Lipinski definition) is 1. The predicted molar refractivity (Wildman–Crippen MR) is 85.0 cm³/mol. The largest absolute Gasteiger partial charge is 0.441 e. The second kappa shape index (κ2) is 7.41. The van der Waals surface area contributed by atoms with E-state index in [-0.39, 0.29) is 0 Å². The molecule has 21 heavy (non-hydrogen) atoms. The minimum Gasteiger partial charge on any atom is -0.441 e. The summed E-state index contributed by atoms with van der Waals surface area (Å²) in [6, 6.07) is 9.87. The normalized spacial score (nSPS) is 12.8. The summed E-state index contributed by atoms with van der Waals surface area (Å²) in [6.07, 6.45) is 3.14. The molecule has 2 aromatic rings. The topological polar surface area (TPSA) is 46.3 Å². The summed E-state index contributed by atoms with van der Waals surface area (Å²) in [5.74, 6) is 1.87. The third kappa shape index (κ3) is 4.18. The Hall–Kier alpha value is -1.61. The van der Waals surface area contributed by atoms with Crippen LogP contribution in [0, 0.1) is 5.92 Å². The maximum atomic E-state index is 10.4. The molecule has 0 radical (unpaired) electrons. The second-order valence-corrected chi connectivity index (χ2v) is 5.94. The highest BCUT2D eigenvalue weighted by molar-refractivity contribution is 5.53. The van der Waals surface area contributed by atoms with Crippen LogP contribution in [0.15, 0.2) is 34.7 Å². The molecule has 0 aliphatic heterocycles. The van der Waals surface area contributed by atoms with E-state index in [0.29, 0.717) is 18.2 Å². The lowest BCUT2D eigenvalue weighted by molar-refractivity contribution is 0.145. The first-order valence-corrected chi connectivity index (χ1v) is 7.84. The van der Waals surface area contributed by atoms with E-state index in [1.165, 1.54) is 0 Å². The van der Waals surface area contributed by atoms with Gasteiger partial charge in [-0.15, -0.1) is 0 Å². The van der Waals surface area contributed by atoms with Crippen LogP contribution in [0.1, 0.15) is 57.6 Å². The predicted octanol–water partition coefficient (Wildman–Crippen LogP) is 4.76. The lowest BCUT2D eigenvalue weighted by atomic mass is 10.0. The highest BCUT2D eigenvalue weighted by atomic mass is 16.4. The molecule has 0 unspecified atom stereocenters. The maximum Gasteiger partial charge on any atom is 0.226 e. The van der Waals surface area contributed by atoms with Crippen molar-refractivity contribution in [3.63, 3.8) is 0 Å². The number of aliphatic hydroxyl groups is 1. The summed E-state index contributed by atoms with van der Waals surface area (Å²) in [6.45, 7) is 6.36. The Bertz CT molecular complexity index is 546. The van der Waals surface area contributed by atoms with Gasteiger partial charge in [0.05, 0.1) is 6.10 Å². The van der Waals surface area contributed by atoms with Crippen molar-refractivity contribution >= 4 is 0 Å². The summed E-state index contributed by atoms with van der Waals surface area (Å²) in [4.78, 5) is 4.57. The number of aliphatic hydroxyl groups excluding tert-OH is 1. The molecule has 1 aromatic heterocycles. The van der Waals surface area contributed by atoms with E-state index in [9.17, 15) is 5.11 Å². The van der Waals surface area contributed by atoms with E-state index in [1.54, 1.807) is 0 Å². The zero-order valence-corrected chi connectivity index (χ0v) is 13.2. The molecule has 0 saturated heterocycles. The molecule has 3 heteroatoms. The molecule has 1 N–H and O–H groups in total. The van der Waals surface area contributed by atoms with Gasteiger partial charge < -0.3 is 9.52 Å². The standard InChI is InChI=1S/C18H25NO2/c1-4-5-11-16-17(15(20)12-13(2)3)19-18(21-16)14-9-7-6-8-10-14/h6-10,13,15,20H,4-5,11-12H2,1-3H3/t15-/m1/s1. The van der Waals surface area contributed by atoms with Crippen LogP contribution in [0.25, 0.3) is 11.5 Å². The van der Waals surface area contributed by atoms with Gasteiger partial charge in [-0.2, -0.15) is 0 Å². The molecule has 114 valence electrons. The van der Waals surface area contributed by atoms with Crippen molar-refractivity contribution in [3.05, 3.63) is 41.8 Å². The quantitative estimate of drug-likeness (QED) is 0.798. The van der Waals surface area contributed by atoms with E-state index >= 15 is 0 Å². The van der Waals surface area contributed by atoms with Crippen LogP contribution in [0.3, 0.4) is 0 Å². The van der Waals surface area contributed by atoms with Crippen LogP contribution in [0.2, 0.25) is 0 Å². The monoisotopic (exact) mass is 287 g/mol. The number of hydrogen-bond acceptors (Lipinski definition) is 3. The average Bonchev–Trinajstić information content (AvgIpc) is 2.89. The molecular formula is C18H25NO2. The Morgan fingerprint density at radius 2 is 1.90 bits per heavy atom. The van der Waals surface area contributed by atoms with Crippen LogP contribution in [-0.4, -0.2) is 10.1 Å². The van der Waals surface area contributed by atoms with Crippen molar-refractivity contribution in [1.29, 1.82) is 0 Å². The van der Waals surface area contributed by atoms with Gasteiger partial charge in [0.2, 0.25) is 5.89 Å². The van der Waals surface area contributed by atoms with Crippen molar-refractivity contribution < 1.29 is 9.52 Å². The zero-order valence-electron chi connectivity index (χ0n) is 13.2. The van der Waals surface area contributed by atoms with Gasteiger partial charge in [-0.25, -0.2) is 4.98 Å². The fourth-order valence-corrected chi connectivity index (χ4v) is 2.40. The smallest absolute Gasteiger partial charge is 0.226 e. The molecular weight excluding hydrogens is 262 g/mol. The van der Waals surface area contributed by atoms with E-state index in [2.05, 4.69) is 25.8 Å². The van der Waals surface area contributed by atoms with Crippen molar-refractivity contribution in [1.82, 2.24) is 4.98 Å². The Morgan fingerprint density at radius 1 is 1.19 bits per heavy atom. The zero-order chi connectivity index (χ0) is 15.2. The minimum atomic E-state index is -0.543. The van der Waals surface area contributed by atoms with Gasteiger partial charge in [0, 0.05) is 12.0 Å². The molecule has 0 saturated carbocycles. The number of unbranched alkanes of at least 4 members (excludes halogenated alkanes) is 1. The van der Waals surface area contributed by atoms with Crippen molar-refractivity contribution in [3.8, 4) is 11.5 Å². The molecule has 1 heterocycles. The molecule has 0 spiro atoms. The summed E-state index contributed by atoms with van der Waals surface area (Å²) in [5.41, 5.74) is 1.68. The first-order chi connectivity index (χ1) is 10.1. The number of aromatic nitrogens is 1. The fraction of sp³-hybridized carbons (Fsp3) is 0.500. The SMILES string of the molecule is CCCCc1oc(-c2ccccc2)nc1[C@H](O)CC(C)C. The van der Waals surface area contributed by atoms with Crippen LogP contribution < -0.4 is 0 Å². The third-order valence-electron chi connectivity index (χ3n) is 3.52. The van der Waals surface area contributed by atoms with Crippen molar-refractivity contribution in [2.24, 2.45) is 5.92 Å². The molecule has 0 aliphatic carbocycles. The Kier molecular flexibility index (Phi) is 5.57. The molecule has 1 aromatic carbocycles. The summed E-state index contributed by atoms with van der Waals surface area (Å²) < 4.78 is 5.93. The van der Waals surface area contributed by atoms with Gasteiger partial charge in [-0.3, -0.25) is 0 Å². The van der Waals surface area contributed by atoms with Gasteiger partial charge in [0.15, 0.2) is 0 Å². The number of rotatable bonds is 7. The maximum absolute atomic E-state index is 10.4. The van der Waals surface area contributed by atoms with E-state index in [4.69, 9.17) is 4.42 Å². The number of benzene rings is 1. The van der Waals surface area contributed by atoms with Gasteiger partial charge in [0.1, 0.15) is 11.5 Å². The van der Waals surface area contributed by atoms with Gasteiger partial charge in [-0.05, 0) is 30.9 Å². The van der Waals surface area contributed by atoms with Crippen LogP contribution in [0.5, 0.6) is 0 Å². The first-order valence-electron chi connectivity index (χ1n) is 7.84. The van der Waals surface area contributed by atoms with E-state index in [1.807, 2.05) is 30.3 Å². The molecule has 0 amide bonds. The summed E-state index contributed by atoms with van der Waals surface area (Å²) in [5, 5.41) is 10.4. The highest BCUT2D eigenvalue weighted by Gasteiger charge is 2.21.